The third-order valence-electron chi connectivity index (χ3n) is 5.76. The molecule has 2 aromatic carbocycles. The van der Waals surface area contributed by atoms with E-state index in [2.05, 4.69) is 66.5 Å². The van der Waals surface area contributed by atoms with Crippen LogP contribution in [0.4, 0.5) is 5.69 Å². The van der Waals surface area contributed by atoms with Gasteiger partial charge in [-0.25, -0.2) is 0 Å². The van der Waals surface area contributed by atoms with Gasteiger partial charge < -0.3 is 15.0 Å². The highest BCUT2D eigenvalue weighted by atomic mass is 16.5. The predicted molar refractivity (Wildman–Crippen MR) is 105 cm³/mol. The average Bonchev–Trinajstić information content (AvgIpc) is 2.88. The van der Waals surface area contributed by atoms with Gasteiger partial charge in [-0.3, -0.25) is 0 Å². The SMILES string of the molecule is CC(C)OCCNC1CC2CCC(C1)N2c1cccc2ccccc12. The summed E-state index contributed by atoms with van der Waals surface area (Å²) in [6.45, 7) is 5.99. The Hall–Kier alpha value is -1.58. The maximum atomic E-state index is 5.67. The fourth-order valence-electron chi connectivity index (χ4n) is 4.73. The molecule has 3 nitrogen and oxygen atoms in total. The monoisotopic (exact) mass is 338 g/mol. The Morgan fingerprint density at radius 2 is 1.76 bits per heavy atom. The number of fused-ring (bicyclic) bond motifs is 3. The minimum atomic E-state index is 0.325. The number of piperidine rings is 1. The fourth-order valence-corrected chi connectivity index (χ4v) is 4.73. The van der Waals surface area contributed by atoms with Crippen LogP contribution in [-0.2, 0) is 4.74 Å². The van der Waals surface area contributed by atoms with Crippen LogP contribution in [0.2, 0.25) is 0 Å². The van der Waals surface area contributed by atoms with Crippen molar-refractivity contribution in [1.82, 2.24) is 5.32 Å². The fraction of sp³-hybridized carbons (Fsp3) is 0.545. The zero-order valence-electron chi connectivity index (χ0n) is 15.4. The largest absolute Gasteiger partial charge is 0.377 e. The van der Waals surface area contributed by atoms with Gasteiger partial charge in [-0.05, 0) is 51.0 Å². The highest BCUT2D eigenvalue weighted by molar-refractivity contribution is 5.94. The number of ether oxygens (including phenoxy) is 1. The molecule has 0 radical (unpaired) electrons. The molecule has 0 aliphatic carbocycles. The van der Waals surface area contributed by atoms with E-state index in [1.807, 2.05) is 0 Å². The number of hydrogen-bond acceptors (Lipinski definition) is 3. The van der Waals surface area contributed by atoms with Crippen LogP contribution in [0, 0.1) is 0 Å². The third kappa shape index (κ3) is 3.54. The lowest BCUT2D eigenvalue weighted by Crippen LogP contribution is -2.49. The van der Waals surface area contributed by atoms with E-state index in [0.717, 1.165) is 13.2 Å². The summed E-state index contributed by atoms with van der Waals surface area (Å²) >= 11 is 0. The Kier molecular flexibility index (Phi) is 4.96. The van der Waals surface area contributed by atoms with Crippen molar-refractivity contribution in [3.05, 3.63) is 42.5 Å². The number of hydrogen-bond donors (Lipinski definition) is 1. The average molecular weight is 338 g/mol. The maximum Gasteiger partial charge on any atom is 0.0594 e. The molecule has 2 fully saturated rings. The first-order valence-electron chi connectivity index (χ1n) is 9.83. The summed E-state index contributed by atoms with van der Waals surface area (Å²) in [4.78, 5) is 2.73. The summed E-state index contributed by atoms with van der Waals surface area (Å²) < 4.78 is 5.67. The minimum Gasteiger partial charge on any atom is -0.377 e. The van der Waals surface area contributed by atoms with E-state index in [-0.39, 0.29) is 0 Å². The van der Waals surface area contributed by atoms with Gasteiger partial charge in [0.2, 0.25) is 0 Å². The second kappa shape index (κ2) is 7.35. The van der Waals surface area contributed by atoms with Crippen molar-refractivity contribution in [2.24, 2.45) is 0 Å². The molecule has 0 spiro atoms. The summed E-state index contributed by atoms with van der Waals surface area (Å²) in [6, 6.07) is 17.5. The quantitative estimate of drug-likeness (QED) is 0.792. The molecule has 0 amide bonds. The molecule has 2 unspecified atom stereocenters. The Balaban J connectivity index is 1.45. The molecule has 2 bridgehead atoms. The van der Waals surface area contributed by atoms with Gasteiger partial charge >= 0.3 is 0 Å². The molecule has 2 aliphatic rings. The minimum absolute atomic E-state index is 0.325. The Morgan fingerprint density at radius 3 is 2.52 bits per heavy atom. The number of rotatable bonds is 6. The summed E-state index contributed by atoms with van der Waals surface area (Å²) in [6.07, 6.45) is 5.48. The first kappa shape index (κ1) is 16.9. The normalized spacial score (nSPS) is 25.9. The number of anilines is 1. The standard InChI is InChI=1S/C22H30N2O/c1-16(2)25-13-12-23-18-14-19-10-11-20(15-18)24(19)22-9-5-7-17-6-3-4-8-21(17)22/h3-9,16,18-20,23H,10-15H2,1-2H3. The van der Waals surface area contributed by atoms with Gasteiger partial charge in [0.1, 0.15) is 0 Å². The van der Waals surface area contributed by atoms with Crippen molar-refractivity contribution in [2.75, 3.05) is 18.1 Å². The van der Waals surface area contributed by atoms with Crippen LogP contribution < -0.4 is 10.2 Å². The Morgan fingerprint density at radius 1 is 1.04 bits per heavy atom. The second-order valence-corrected chi connectivity index (χ2v) is 7.83. The molecule has 25 heavy (non-hydrogen) atoms. The highest BCUT2D eigenvalue weighted by Crippen LogP contribution is 2.41. The van der Waals surface area contributed by atoms with Crippen LogP contribution in [-0.4, -0.2) is 37.4 Å². The summed E-state index contributed by atoms with van der Waals surface area (Å²) in [5.41, 5.74) is 1.44. The van der Waals surface area contributed by atoms with Gasteiger partial charge in [-0.2, -0.15) is 0 Å². The van der Waals surface area contributed by atoms with Crippen LogP contribution >= 0.6 is 0 Å². The number of nitrogens with zero attached hydrogens (tertiary/aromatic N) is 1. The van der Waals surface area contributed by atoms with Crippen molar-refractivity contribution in [2.45, 2.75) is 63.8 Å². The lowest BCUT2D eigenvalue weighted by Gasteiger charge is -2.41. The van der Waals surface area contributed by atoms with Gasteiger partial charge in [0.05, 0.1) is 12.7 Å². The van der Waals surface area contributed by atoms with Crippen molar-refractivity contribution in [3.8, 4) is 0 Å². The van der Waals surface area contributed by atoms with Crippen molar-refractivity contribution in [1.29, 1.82) is 0 Å². The van der Waals surface area contributed by atoms with Crippen molar-refractivity contribution < 1.29 is 4.74 Å². The molecule has 2 aromatic rings. The van der Waals surface area contributed by atoms with Crippen LogP contribution in [0.3, 0.4) is 0 Å². The summed E-state index contributed by atoms with van der Waals surface area (Å²) in [5.74, 6) is 0. The number of nitrogens with one attached hydrogen (secondary N) is 1. The molecule has 0 aromatic heterocycles. The van der Waals surface area contributed by atoms with Gasteiger partial charge in [0, 0.05) is 35.7 Å². The first-order chi connectivity index (χ1) is 12.2. The van der Waals surface area contributed by atoms with E-state index < -0.39 is 0 Å². The molecule has 0 saturated carbocycles. The van der Waals surface area contributed by atoms with Gasteiger partial charge in [-0.1, -0.05) is 36.4 Å². The van der Waals surface area contributed by atoms with E-state index >= 15 is 0 Å². The molecule has 2 atom stereocenters. The molecular formula is C22H30N2O. The van der Waals surface area contributed by atoms with E-state index in [9.17, 15) is 0 Å². The zero-order chi connectivity index (χ0) is 17.2. The van der Waals surface area contributed by atoms with Gasteiger partial charge in [-0.15, -0.1) is 0 Å². The third-order valence-corrected chi connectivity index (χ3v) is 5.76. The highest BCUT2D eigenvalue weighted by Gasteiger charge is 2.40. The molecule has 4 rings (SSSR count). The summed E-state index contributed by atoms with van der Waals surface area (Å²) in [7, 11) is 0. The predicted octanol–water partition coefficient (Wildman–Crippen LogP) is 4.35. The lowest BCUT2D eigenvalue weighted by molar-refractivity contribution is 0.0784. The first-order valence-corrected chi connectivity index (χ1v) is 9.83. The zero-order valence-corrected chi connectivity index (χ0v) is 15.4. The van der Waals surface area contributed by atoms with E-state index in [0.29, 0.717) is 24.2 Å². The Bertz CT molecular complexity index is 695. The van der Waals surface area contributed by atoms with Gasteiger partial charge in [0.25, 0.3) is 0 Å². The van der Waals surface area contributed by atoms with E-state index in [1.165, 1.54) is 42.1 Å². The lowest BCUT2D eigenvalue weighted by atomic mass is 9.95. The Labute approximate surface area is 151 Å². The molecule has 3 heteroatoms. The second-order valence-electron chi connectivity index (χ2n) is 7.83. The van der Waals surface area contributed by atoms with E-state index in [4.69, 9.17) is 4.74 Å². The van der Waals surface area contributed by atoms with Crippen molar-refractivity contribution >= 4 is 16.5 Å². The molecule has 2 aliphatic heterocycles. The molecule has 2 heterocycles. The topological polar surface area (TPSA) is 24.5 Å². The molecule has 134 valence electrons. The van der Waals surface area contributed by atoms with Crippen LogP contribution in [0.25, 0.3) is 10.8 Å². The van der Waals surface area contributed by atoms with Crippen LogP contribution in [0.1, 0.15) is 39.5 Å². The molecule has 2 saturated heterocycles. The van der Waals surface area contributed by atoms with Gasteiger partial charge in [0.15, 0.2) is 0 Å². The smallest absolute Gasteiger partial charge is 0.0594 e. The number of benzene rings is 2. The summed E-state index contributed by atoms with van der Waals surface area (Å²) in [5, 5.41) is 6.49. The molecule has 1 N–H and O–H groups in total. The molecular weight excluding hydrogens is 308 g/mol. The maximum absolute atomic E-state index is 5.67. The van der Waals surface area contributed by atoms with Crippen molar-refractivity contribution in [3.63, 3.8) is 0 Å². The van der Waals surface area contributed by atoms with Crippen LogP contribution in [0.5, 0.6) is 0 Å². The van der Waals surface area contributed by atoms with E-state index in [1.54, 1.807) is 0 Å². The van der Waals surface area contributed by atoms with Crippen LogP contribution in [0.15, 0.2) is 42.5 Å².